The Morgan fingerprint density at radius 3 is 1.41 bits per heavy atom. The fraction of sp³-hybridized carbons (Fsp3) is 0.100. The Morgan fingerprint density at radius 2 is 1.29 bits per heavy atom. The minimum absolute atomic E-state index is 0.750. The second kappa shape index (κ2) is 18.9. The van der Waals surface area contributed by atoms with Crippen LogP contribution >= 0.6 is 0 Å². The lowest BCUT2D eigenvalue weighted by molar-refractivity contribution is 0.256. The van der Waals surface area contributed by atoms with E-state index in [1.807, 2.05) is 18.2 Å². The molecule has 0 saturated heterocycles. The molecular formula is C10H14N4O3. The summed E-state index contributed by atoms with van der Waals surface area (Å²) < 4.78 is 0. The minimum Gasteiger partial charge on any atom is -0.352 e. The molecule has 0 unspecified atom stereocenters. The molecule has 0 spiro atoms. The molecule has 7 heteroatoms. The van der Waals surface area contributed by atoms with Gasteiger partial charge in [0.1, 0.15) is 0 Å². The van der Waals surface area contributed by atoms with Crippen molar-refractivity contribution >= 4 is 18.2 Å². The zero-order valence-electron chi connectivity index (χ0n) is 9.27. The Morgan fingerprint density at radius 1 is 1.06 bits per heavy atom. The van der Waals surface area contributed by atoms with Gasteiger partial charge in [0.25, 0.3) is 0 Å². The van der Waals surface area contributed by atoms with Crippen LogP contribution in [0.5, 0.6) is 0 Å². The van der Waals surface area contributed by atoms with Crippen molar-refractivity contribution in [2.45, 2.75) is 6.92 Å². The fourth-order valence-corrected chi connectivity index (χ4v) is 0.534. The normalized spacial score (nSPS) is 5.94. The third kappa shape index (κ3) is 60.8. The van der Waals surface area contributed by atoms with E-state index in [0.29, 0.717) is 0 Å². The lowest BCUT2D eigenvalue weighted by Gasteiger charge is -1.82. The van der Waals surface area contributed by atoms with Gasteiger partial charge in [0, 0.05) is 0 Å². The molecule has 2 amide bonds. The first-order valence-corrected chi connectivity index (χ1v) is 4.10. The Balaban J connectivity index is -0.000000170. The Kier molecular flexibility index (Phi) is 22.0. The second-order valence-corrected chi connectivity index (χ2v) is 2.26. The lowest BCUT2D eigenvalue weighted by atomic mass is 10.2. The third-order valence-corrected chi connectivity index (χ3v) is 0.940. The molecule has 0 heterocycles. The average molecular weight is 238 g/mol. The monoisotopic (exact) mass is 238 g/mol. The fourth-order valence-electron chi connectivity index (χ4n) is 0.534. The number of aryl methyl sites for hydroxylation is 1. The zero-order chi connectivity index (χ0) is 14.1. The number of isocyanates is 2. The van der Waals surface area contributed by atoms with Gasteiger partial charge in [-0.2, -0.15) is 0 Å². The summed E-state index contributed by atoms with van der Waals surface area (Å²) in [6, 6.07) is 9.43. The van der Waals surface area contributed by atoms with Gasteiger partial charge in [0.05, 0.1) is 0 Å². The highest BCUT2D eigenvalue weighted by molar-refractivity contribution is 5.69. The molecule has 0 aliphatic rings. The van der Waals surface area contributed by atoms with Crippen LogP contribution in [0.15, 0.2) is 30.3 Å². The van der Waals surface area contributed by atoms with Crippen LogP contribution in [0.25, 0.3) is 0 Å². The van der Waals surface area contributed by atoms with Crippen LogP contribution in [0.3, 0.4) is 0 Å². The highest BCUT2D eigenvalue weighted by Crippen LogP contribution is 1.92. The maximum atomic E-state index is 9.00. The van der Waals surface area contributed by atoms with E-state index >= 15 is 0 Å². The van der Waals surface area contributed by atoms with Crippen molar-refractivity contribution in [3.63, 3.8) is 0 Å². The molecule has 1 aromatic carbocycles. The predicted molar refractivity (Wildman–Crippen MR) is 61.8 cm³/mol. The van der Waals surface area contributed by atoms with Crippen LogP contribution in [0.1, 0.15) is 5.56 Å². The van der Waals surface area contributed by atoms with Gasteiger partial charge in [-0.1, -0.05) is 35.9 Å². The van der Waals surface area contributed by atoms with Crippen molar-refractivity contribution in [1.29, 1.82) is 10.8 Å². The van der Waals surface area contributed by atoms with Crippen LogP contribution in [-0.4, -0.2) is 18.2 Å². The first-order valence-electron chi connectivity index (χ1n) is 4.10. The van der Waals surface area contributed by atoms with Gasteiger partial charge in [0.15, 0.2) is 0 Å². The molecule has 7 nitrogen and oxygen atoms in total. The number of urea groups is 1. The molecule has 0 aliphatic carbocycles. The van der Waals surface area contributed by atoms with E-state index in [1.165, 1.54) is 5.56 Å². The molecule has 0 radical (unpaired) electrons. The van der Waals surface area contributed by atoms with Crippen molar-refractivity contribution in [3.05, 3.63) is 35.9 Å². The third-order valence-electron chi connectivity index (χ3n) is 0.940. The topological polar surface area (TPSA) is 151 Å². The van der Waals surface area contributed by atoms with Gasteiger partial charge in [0.2, 0.25) is 12.2 Å². The number of amides is 2. The number of hydrogen-bond donors (Lipinski definition) is 4. The van der Waals surface area contributed by atoms with Gasteiger partial charge in [-0.25, -0.2) is 25.2 Å². The molecular weight excluding hydrogens is 224 g/mol. The highest BCUT2D eigenvalue weighted by atomic mass is 16.2. The Hall–Kier alpha value is -2.75. The van der Waals surface area contributed by atoms with Crippen molar-refractivity contribution in [1.82, 2.24) is 0 Å². The van der Waals surface area contributed by atoms with Crippen LogP contribution in [0.2, 0.25) is 0 Å². The summed E-state index contributed by atoms with van der Waals surface area (Å²) in [7, 11) is 0. The number of nitrogens with two attached hydrogens (primary N) is 2. The molecule has 17 heavy (non-hydrogen) atoms. The van der Waals surface area contributed by atoms with E-state index < -0.39 is 6.03 Å². The van der Waals surface area contributed by atoms with E-state index in [2.05, 4.69) is 30.5 Å². The Bertz CT molecular complexity index is 337. The van der Waals surface area contributed by atoms with Crippen LogP contribution in [-0.2, 0) is 9.59 Å². The van der Waals surface area contributed by atoms with Gasteiger partial charge >= 0.3 is 6.03 Å². The number of nitrogens with one attached hydrogen (secondary N) is 2. The molecule has 1 rings (SSSR count). The molecule has 0 atom stereocenters. The molecule has 92 valence electrons. The van der Waals surface area contributed by atoms with Gasteiger partial charge in [-0.05, 0) is 6.92 Å². The van der Waals surface area contributed by atoms with E-state index in [4.69, 9.17) is 25.2 Å². The number of rotatable bonds is 0. The number of primary amides is 2. The van der Waals surface area contributed by atoms with E-state index in [1.54, 1.807) is 0 Å². The van der Waals surface area contributed by atoms with Gasteiger partial charge in [-0.3, -0.25) is 0 Å². The minimum atomic E-state index is -0.833. The first-order chi connectivity index (χ1) is 7.95. The van der Waals surface area contributed by atoms with Gasteiger partial charge < -0.3 is 11.5 Å². The number of benzene rings is 1. The first kappa shape index (κ1) is 19.8. The van der Waals surface area contributed by atoms with Crippen molar-refractivity contribution in [2.75, 3.05) is 0 Å². The summed E-state index contributed by atoms with van der Waals surface area (Å²) in [5.41, 5.74) is 9.82. The molecule has 1 aromatic rings. The SMILES string of the molecule is Cc1ccccc1.N=C=O.N=C=O.NC(N)=O. The predicted octanol–water partition coefficient (Wildman–Crippen LogP) is 0.821. The number of carbonyl (C=O) groups is 1. The Labute approximate surface area is 98.4 Å². The summed E-state index contributed by atoms with van der Waals surface area (Å²) in [6.45, 7) is 2.08. The number of hydrogen-bond acceptors (Lipinski definition) is 5. The highest BCUT2D eigenvalue weighted by Gasteiger charge is 1.72. The molecule has 0 aliphatic heterocycles. The van der Waals surface area contributed by atoms with Gasteiger partial charge in [-0.15, -0.1) is 0 Å². The largest absolute Gasteiger partial charge is 0.352 e. The molecule has 0 fully saturated rings. The molecule has 0 saturated carbocycles. The molecule has 6 N–H and O–H groups in total. The molecule has 0 bridgehead atoms. The zero-order valence-corrected chi connectivity index (χ0v) is 9.27. The van der Waals surface area contributed by atoms with Crippen LogP contribution in [0, 0.1) is 17.7 Å². The van der Waals surface area contributed by atoms with Crippen molar-refractivity contribution in [2.24, 2.45) is 11.5 Å². The second-order valence-electron chi connectivity index (χ2n) is 2.26. The smallest absolute Gasteiger partial charge is 0.309 e. The van der Waals surface area contributed by atoms with Crippen molar-refractivity contribution < 1.29 is 14.4 Å². The maximum Gasteiger partial charge on any atom is 0.309 e. The van der Waals surface area contributed by atoms with E-state index in [9.17, 15) is 0 Å². The van der Waals surface area contributed by atoms with E-state index in [0.717, 1.165) is 12.2 Å². The summed E-state index contributed by atoms with van der Waals surface area (Å²) in [5.74, 6) is 0. The molecule has 0 aromatic heterocycles. The maximum absolute atomic E-state index is 9.00. The quantitative estimate of drug-likeness (QED) is 0.391. The average Bonchev–Trinajstić information content (AvgIpc) is 2.20. The summed E-state index contributed by atoms with van der Waals surface area (Å²) in [4.78, 5) is 25.7. The number of carbonyl (C=O) groups excluding carboxylic acids is 3. The lowest BCUT2D eigenvalue weighted by Crippen LogP contribution is -2.18. The van der Waals surface area contributed by atoms with Crippen molar-refractivity contribution in [3.8, 4) is 0 Å². The summed E-state index contributed by atoms with van der Waals surface area (Å²) in [5, 5.41) is 10.8. The van der Waals surface area contributed by atoms with Crippen LogP contribution < -0.4 is 11.5 Å². The van der Waals surface area contributed by atoms with Crippen LogP contribution in [0.4, 0.5) is 4.79 Å². The summed E-state index contributed by atoms with van der Waals surface area (Å²) >= 11 is 0. The van der Waals surface area contributed by atoms with E-state index in [-0.39, 0.29) is 0 Å². The summed E-state index contributed by atoms with van der Waals surface area (Å²) in [6.07, 6.45) is 1.50. The standard InChI is InChI=1S/C7H8.CH4N2O.2CHNO/c1-7-5-3-2-4-6-7;2-1(3)4;2*2-1-3/h2-6H,1H3;(H4,2,3,4);2*2H.